The third kappa shape index (κ3) is 2.07. The van der Waals surface area contributed by atoms with Gasteiger partial charge < -0.3 is 10.0 Å². The van der Waals surface area contributed by atoms with Gasteiger partial charge in [0.2, 0.25) is 0 Å². The van der Waals surface area contributed by atoms with Crippen LogP contribution in [0.25, 0.3) is 0 Å². The molecule has 0 aromatic carbocycles. The van der Waals surface area contributed by atoms with Crippen molar-refractivity contribution >= 4 is 9.84 Å². The van der Waals surface area contributed by atoms with Crippen LogP contribution in [0.4, 0.5) is 0 Å². The van der Waals surface area contributed by atoms with Crippen molar-refractivity contribution in [2.45, 2.75) is 24.9 Å². The molecule has 0 amide bonds. The van der Waals surface area contributed by atoms with Crippen LogP contribution in [-0.2, 0) is 9.84 Å². The zero-order chi connectivity index (χ0) is 12.7. The summed E-state index contributed by atoms with van der Waals surface area (Å²) >= 11 is 0. The van der Waals surface area contributed by atoms with E-state index in [1.165, 1.54) is 0 Å². The SMILES string of the molecule is CN1CCCC(O)(C2(C#N)CCS(=O)(=O)C2)C1. The molecule has 0 aromatic heterocycles. The highest BCUT2D eigenvalue weighted by Gasteiger charge is 2.57. The molecule has 2 rings (SSSR count). The molecule has 0 aliphatic carbocycles. The minimum absolute atomic E-state index is 0.0204. The number of likely N-dealkylation sites (tertiary alicyclic amines) is 1. The summed E-state index contributed by atoms with van der Waals surface area (Å²) in [4.78, 5) is 1.97. The molecular weight excluding hydrogens is 240 g/mol. The highest BCUT2D eigenvalue weighted by molar-refractivity contribution is 7.91. The lowest BCUT2D eigenvalue weighted by Crippen LogP contribution is -2.57. The predicted molar refractivity (Wildman–Crippen MR) is 63.0 cm³/mol. The van der Waals surface area contributed by atoms with Crippen molar-refractivity contribution < 1.29 is 13.5 Å². The van der Waals surface area contributed by atoms with Gasteiger partial charge in [-0.25, -0.2) is 8.42 Å². The first-order valence-electron chi connectivity index (χ1n) is 5.85. The molecule has 2 atom stereocenters. The second-order valence-electron chi connectivity index (χ2n) is 5.41. The number of sulfone groups is 1. The standard InChI is InChI=1S/C11H18N2O3S/c1-13-5-2-3-11(14,8-13)10(7-12)4-6-17(15,16)9-10/h14H,2-6,8-9H2,1H3. The Kier molecular flexibility index (Phi) is 2.97. The minimum atomic E-state index is -3.17. The second kappa shape index (κ2) is 3.94. The Balaban J connectivity index is 2.33. The summed E-state index contributed by atoms with van der Waals surface area (Å²) in [5.41, 5.74) is -2.29. The van der Waals surface area contributed by atoms with Crippen molar-refractivity contribution in [1.29, 1.82) is 5.26 Å². The summed E-state index contributed by atoms with van der Waals surface area (Å²) in [6, 6.07) is 2.11. The Morgan fingerprint density at radius 2 is 2.12 bits per heavy atom. The van der Waals surface area contributed by atoms with Gasteiger partial charge in [-0.2, -0.15) is 5.26 Å². The summed E-state index contributed by atoms with van der Waals surface area (Å²) in [5, 5.41) is 20.1. The van der Waals surface area contributed by atoms with Gasteiger partial charge >= 0.3 is 0 Å². The van der Waals surface area contributed by atoms with Gasteiger partial charge in [-0.1, -0.05) is 0 Å². The van der Waals surface area contributed by atoms with Crippen LogP contribution >= 0.6 is 0 Å². The first-order chi connectivity index (χ1) is 7.83. The number of nitriles is 1. The van der Waals surface area contributed by atoms with Gasteiger partial charge in [0.25, 0.3) is 0 Å². The minimum Gasteiger partial charge on any atom is -0.387 e. The molecule has 6 heteroatoms. The van der Waals surface area contributed by atoms with E-state index in [4.69, 9.17) is 0 Å². The molecule has 0 spiro atoms. The monoisotopic (exact) mass is 258 g/mol. The highest BCUT2D eigenvalue weighted by Crippen LogP contribution is 2.45. The molecule has 2 saturated heterocycles. The van der Waals surface area contributed by atoms with E-state index >= 15 is 0 Å². The van der Waals surface area contributed by atoms with Crippen molar-refractivity contribution in [2.75, 3.05) is 31.6 Å². The van der Waals surface area contributed by atoms with Gasteiger partial charge in [0.05, 0.1) is 23.2 Å². The maximum absolute atomic E-state index is 11.6. The number of nitrogens with zero attached hydrogens (tertiary/aromatic N) is 2. The van der Waals surface area contributed by atoms with E-state index in [1.807, 2.05) is 11.9 Å². The topological polar surface area (TPSA) is 81.4 Å². The fraction of sp³-hybridized carbons (Fsp3) is 0.909. The molecule has 2 heterocycles. The zero-order valence-electron chi connectivity index (χ0n) is 10.0. The maximum Gasteiger partial charge on any atom is 0.152 e. The summed E-state index contributed by atoms with van der Waals surface area (Å²) in [6.45, 7) is 1.27. The zero-order valence-corrected chi connectivity index (χ0v) is 10.8. The van der Waals surface area contributed by atoms with Gasteiger partial charge in [0, 0.05) is 6.54 Å². The molecule has 0 saturated carbocycles. The van der Waals surface area contributed by atoms with Gasteiger partial charge in [0.15, 0.2) is 9.84 Å². The van der Waals surface area contributed by atoms with Crippen LogP contribution in [0.15, 0.2) is 0 Å². The largest absolute Gasteiger partial charge is 0.387 e. The fourth-order valence-electron chi connectivity index (χ4n) is 3.05. The Morgan fingerprint density at radius 3 is 2.59 bits per heavy atom. The molecule has 1 N–H and O–H groups in total. The first-order valence-corrected chi connectivity index (χ1v) is 7.67. The van der Waals surface area contributed by atoms with E-state index < -0.39 is 20.9 Å². The quantitative estimate of drug-likeness (QED) is 0.702. The molecule has 2 aliphatic heterocycles. The molecular formula is C11H18N2O3S. The van der Waals surface area contributed by atoms with E-state index in [2.05, 4.69) is 6.07 Å². The van der Waals surface area contributed by atoms with E-state index in [-0.39, 0.29) is 17.9 Å². The molecule has 0 bridgehead atoms. The summed E-state index contributed by atoms with van der Waals surface area (Å²) in [5.74, 6) is -0.173. The van der Waals surface area contributed by atoms with Crippen LogP contribution in [-0.4, -0.2) is 55.7 Å². The number of β-amino-alcohol motifs (C(OH)–C–C–N with tert-alkyl or cyclic N) is 1. The smallest absolute Gasteiger partial charge is 0.152 e. The Hall–Kier alpha value is -0.640. The van der Waals surface area contributed by atoms with Crippen LogP contribution in [0.2, 0.25) is 0 Å². The predicted octanol–water partition coefficient (Wildman–Crippen LogP) is -0.228. The van der Waals surface area contributed by atoms with Crippen LogP contribution in [0.5, 0.6) is 0 Å². The molecule has 17 heavy (non-hydrogen) atoms. The lowest BCUT2D eigenvalue weighted by Gasteiger charge is -2.45. The van der Waals surface area contributed by atoms with Crippen molar-refractivity contribution in [3.05, 3.63) is 0 Å². The van der Waals surface area contributed by atoms with E-state index in [1.54, 1.807) is 0 Å². The molecule has 2 aliphatic rings. The van der Waals surface area contributed by atoms with Crippen molar-refractivity contribution in [3.8, 4) is 6.07 Å². The molecule has 2 unspecified atom stereocenters. The molecule has 0 aromatic rings. The third-order valence-corrected chi connectivity index (χ3v) is 5.83. The number of hydrogen-bond donors (Lipinski definition) is 1. The lowest BCUT2D eigenvalue weighted by molar-refractivity contribution is -0.0892. The summed E-state index contributed by atoms with van der Waals surface area (Å²) in [7, 11) is -1.28. The number of hydrogen-bond acceptors (Lipinski definition) is 5. The number of rotatable bonds is 1. The molecule has 5 nitrogen and oxygen atoms in total. The molecule has 96 valence electrons. The van der Waals surface area contributed by atoms with Crippen LogP contribution < -0.4 is 0 Å². The van der Waals surface area contributed by atoms with Crippen molar-refractivity contribution in [2.24, 2.45) is 5.41 Å². The van der Waals surface area contributed by atoms with E-state index in [0.29, 0.717) is 13.0 Å². The number of aliphatic hydroxyl groups is 1. The van der Waals surface area contributed by atoms with Gasteiger partial charge in [-0.15, -0.1) is 0 Å². The summed E-state index contributed by atoms with van der Waals surface area (Å²) in [6.07, 6.45) is 1.58. The van der Waals surface area contributed by atoms with Crippen LogP contribution in [0, 0.1) is 16.7 Å². The normalized spacial score (nSPS) is 42.2. The maximum atomic E-state index is 11.6. The van der Waals surface area contributed by atoms with Crippen LogP contribution in [0.1, 0.15) is 19.3 Å². The highest BCUT2D eigenvalue weighted by atomic mass is 32.2. The average molecular weight is 258 g/mol. The molecule has 0 radical (unpaired) electrons. The number of likely N-dealkylation sites (N-methyl/N-ethyl adjacent to an activating group) is 1. The fourth-order valence-corrected chi connectivity index (χ4v) is 5.08. The Morgan fingerprint density at radius 1 is 1.41 bits per heavy atom. The average Bonchev–Trinajstić information content (AvgIpc) is 2.55. The third-order valence-electron chi connectivity index (χ3n) is 4.07. The Labute approximate surface area is 102 Å². The van der Waals surface area contributed by atoms with Crippen molar-refractivity contribution in [3.63, 3.8) is 0 Å². The summed E-state index contributed by atoms with van der Waals surface area (Å²) < 4.78 is 23.2. The molecule has 2 fully saturated rings. The van der Waals surface area contributed by atoms with Crippen LogP contribution in [0.3, 0.4) is 0 Å². The van der Waals surface area contributed by atoms with Gasteiger partial charge in [0.1, 0.15) is 5.41 Å². The van der Waals surface area contributed by atoms with Crippen molar-refractivity contribution in [1.82, 2.24) is 4.90 Å². The second-order valence-corrected chi connectivity index (χ2v) is 7.59. The number of piperidine rings is 1. The lowest BCUT2D eigenvalue weighted by atomic mass is 9.68. The van der Waals surface area contributed by atoms with E-state index in [9.17, 15) is 18.8 Å². The van der Waals surface area contributed by atoms with Gasteiger partial charge in [-0.3, -0.25) is 0 Å². The Bertz CT molecular complexity index is 456. The van der Waals surface area contributed by atoms with Gasteiger partial charge in [-0.05, 0) is 32.9 Å². The van der Waals surface area contributed by atoms with E-state index in [0.717, 1.165) is 13.0 Å². The first kappa shape index (κ1) is 12.8.